The molecular formula is C18H29NO2. The van der Waals surface area contributed by atoms with Gasteiger partial charge in [-0.3, -0.25) is 0 Å². The first kappa shape index (κ1) is 16.3. The van der Waals surface area contributed by atoms with Crippen molar-refractivity contribution in [3.63, 3.8) is 0 Å². The lowest BCUT2D eigenvalue weighted by Gasteiger charge is -2.42. The van der Waals surface area contributed by atoms with Crippen LogP contribution >= 0.6 is 0 Å². The molecule has 0 radical (unpaired) electrons. The summed E-state index contributed by atoms with van der Waals surface area (Å²) in [6, 6.07) is 7.97. The summed E-state index contributed by atoms with van der Waals surface area (Å²) in [6.45, 7) is 7.44. The fourth-order valence-corrected chi connectivity index (χ4v) is 3.54. The first-order valence-corrected chi connectivity index (χ1v) is 8.23. The van der Waals surface area contributed by atoms with Gasteiger partial charge in [-0.25, -0.2) is 0 Å². The number of hydrogen-bond donors (Lipinski definition) is 1. The second kappa shape index (κ2) is 7.28. The van der Waals surface area contributed by atoms with Gasteiger partial charge in [-0.15, -0.1) is 0 Å². The van der Waals surface area contributed by atoms with Gasteiger partial charge in [0, 0.05) is 12.5 Å². The number of methoxy groups -OCH3 is 1. The van der Waals surface area contributed by atoms with E-state index in [0.29, 0.717) is 5.92 Å². The van der Waals surface area contributed by atoms with Crippen LogP contribution in [0.4, 0.5) is 0 Å². The van der Waals surface area contributed by atoms with Crippen LogP contribution in [0.15, 0.2) is 24.3 Å². The average Bonchev–Trinajstić information content (AvgIpc) is 2.54. The van der Waals surface area contributed by atoms with E-state index in [2.05, 4.69) is 18.7 Å². The third-order valence-corrected chi connectivity index (χ3v) is 4.98. The number of nitrogens with zero attached hydrogens (tertiary/aromatic N) is 1. The van der Waals surface area contributed by atoms with Crippen LogP contribution in [0, 0.1) is 5.92 Å². The molecule has 0 aliphatic heterocycles. The number of aliphatic hydroxyl groups is 1. The number of ether oxygens (including phenoxy) is 1. The summed E-state index contributed by atoms with van der Waals surface area (Å²) in [5.41, 5.74) is 0.300. The highest BCUT2D eigenvalue weighted by molar-refractivity contribution is 5.33. The molecule has 0 spiro atoms. The van der Waals surface area contributed by atoms with Gasteiger partial charge < -0.3 is 14.7 Å². The van der Waals surface area contributed by atoms with E-state index < -0.39 is 5.60 Å². The predicted molar refractivity (Wildman–Crippen MR) is 86.6 cm³/mol. The summed E-state index contributed by atoms with van der Waals surface area (Å²) >= 11 is 0. The smallest absolute Gasteiger partial charge is 0.119 e. The van der Waals surface area contributed by atoms with Gasteiger partial charge in [-0.05, 0) is 43.6 Å². The predicted octanol–water partition coefficient (Wildman–Crippen LogP) is 3.41. The lowest BCUT2D eigenvalue weighted by atomic mass is 9.71. The van der Waals surface area contributed by atoms with Crippen molar-refractivity contribution in [2.75, 3.05) is 26.7 Å². The molecule has 0 heterocycles. The van der Waals surface area contributed by atoms with Crippen molar-refractivity contribution < 1.29 is 9.84 Å². The molecule has 3 heteroatoms. The lowest BCUT2D eigenvalue weighted by molar-refractivity contribution is -0.0650. The highest BCUT2D eigenvalue weighted by Crippen LogP contribution is 2.42. The minimum Gasteiger partial charge on any atom is -0.497 e. The number of hydrogen-bond acceptors (Lipinski definition) is 3. The molecule has 3 nitrogen and oxygen atoms in total. The van der Waals surface area contributed by atoms with Crippen LogP contribution in [0.5, 0.6) is 5.75 Å². The van der Waals surface area contributed by atoms with E-state index in [1.54, 1.807) is 7.11 Å². The topological polar surface area (TPSA) is 32.7 Å². The molecule has 1 aliphatic carbocycles. The van der Waals surface area contributed by atoms with Crippen molar-refractivity contribution in [2.45, 2.75) is 45.1 Å². The molecule has 118 valence electrons. The molecule has 1 fully saturated rings. The van der Waals surface area contributed by atoms with Crippen molar-refractivity contribution in [2.24, 2.45) is 5.92 Å². The zero-order chi connectivity index (χ0) is 15.3. The molecular weight excluding hydrogens is 262 g/mol. The van der Waals surface area contributed by atoms with E-state index in [0.717, 1.165) is 50.2 Å². The van der Waals surface area contributed by atoms with Crippen LogP contribution in [0.25, 0.3) is 0 Å². The highest BCUT2D eigenvalue weighted by Gasteiger charge is 2.40. The van der Waals surface area contributed by atoms with E-state index in [1.165, 1.54) is 6.42 Å². The fourth-order valence-electron chi connectivity index (χ4n) is 3.54. The summed E-state index contributed by atoms with van der Waals surface area (Å²) in [7, 11) is 1.68. The van der Waals surface area contributed by atoms with Gasteiger partial charge in [-0.1, -0.05) is 38.8 Å². The molecule has 1 aromatic carbocycles. The Morgan fingerprint density at radius 1 is 1.29 bits per heavy atom. The van der Waals surface area contributed by atoms with E-state index >= 15 is 0 Å². The third-order valence-electron chi connectivity index (χ3n) is 4.98. The van der Waals surface area contributed by atoms with Gasteiger partial charge >= 0.3 is 0 Å². The minimum atomic E-state index is -0.713. The average molecular weight is 291 g/mol. The Balaban J connectivity index is 2.25. The van der Waals surface area contributed by atoms with Crippen LogP contribution < -0.4 is 4.74 Å². The summed E-state index contributed by atoms with van der Waals surface area (Å²) in [5, 5.41) is 11.4. The van der Waals surface area contributed by atoms with E-state index in [1.807, 2.05) is 24.3 Å². The number of rotatable bonds is 6. The van der Waals surface area contributed by atoms with Crippen molar-refractivity contribution >= 4 is 0 Å². The zero-order valence-corrected chi connectivity index (χ0v) is 13.6. The van der Waals surface area contributed by atoms with Crippen molar-refractivity contribution in [3.05, 3.63) is 29.8 Å². The molecule has 0 amide bonds. The standard InChI is InChI=1S/C18H29NO2/c1-4-19(5-2)14-16-9-6-7-12-18(16,20)15-10-8-11-17(13-15)21-3/h8,10-11,13,16,20H,4-7,9,12,14H2,1-3H3. The first-order chi connectivity index (χ1) is 10.1. The highest BCUT2D eigenvalue weighted by atomic mass is 16.5. The Morgan fingerprint density at radius 2 is 2.05 bits per heavy atom. The first-order valence-electron chi connectivity index (χ1n) is 8.23. The molecule has 0 aromatic heterocycles. The maximum absolute atomic E-state index is 11.4. The van der Waals surface area contributed by atoms with Crippen LogP contribution in [0.2, 0.25) is 0 Å². The van der Waals surface area contributed by atoms with Crippen LogP contribution in [-0.4, -0.2) is 36.8 Å². The van der Waals surface area contributed by atoms with Crippen LogP contribution in [0.1, 0.15) is 45.1 Å². The summed E-state index contributed by atoms with van der Waals surface area (Å²) in [4.78, 5) is 2.42. The molecule has 1 aromatic rings. The quantitative estimate of drug-likeness (QED) is 0.872. The van der Waals surface area contributed by atoms with Crippen molar-refractivity contribution in [1.82, 2.24) is 4.90 Å². The molecule has 21 heavy (non-hydrogen) atoms. The fraction of sp³-hybridized carbons (Fsp3) is 0.667. The zero-order valence-electron chi connectivity index (χ0n) is 13.6. The monoisotopic (exact) mass is 291 g/mol. The lowest BCUT2D eigenvalue weighted by Crippen LogP contribution is -2.44. The van der Waals surface area contributed by atoms with E-state index in [9.17, 15) is 5.11 Å². The normalized spacial score (nSPS) is 26.0. The van der Waals surface area contributed by atoms with Gasteiger partial charge in [0.15, 0.2) is 0 Å². The maximum atomic E-state index is 11.4. The summed E-state index contributed by atoms with van der Waals surface area (Å²) < 4.78 is 5.33. The molecule has 1 N–H and O–H groups in total. The van der Waals surface area contributed by atoms with Crippen molar-refractivity contribution in [1.29, 1.82) is 0 Å². The number of benzene rings is 1. The van der Waals surface area contributed by atoms with E-state index in [4.69, 9.17) is 4.74 Å². The maximum Gasteiger partial charge on any atom is 0.119 e. The molecule has 1 saturated carbocycles. The third kappa shape index (κ3) is 3.58. The molecule has 2 rings (SSSR count). The van der Waals surface area contributed by atoms with Crippen molar-refractivity contribution in [3.8, 4) is 5.75 Å². The Morgan fingerprint density at radius 3 is 2.71 bits per heavy atom. The molecule has 0 saturated heterocycles. The largest absolute Gasteiger partial charge is 0.497 e. The van der Waals surface area contributed by atoms with Gasteiger partial charge in [0.05, 0.1) is 12.7 Å². The second-order valence-electron chi connectivity index (χ2n) is 6.08. The Bertz CT molecular complexity index is 445. The van der Waals surface area contributed by atoms with Gasteiger partial charge in [-0.2, -0.15) is 0 Å². The molecule has 1 aliphatic rings. The minimum absolute atomic E-state index is 0.304. The summed E-state index contributed by atoms with van der Waals surface area (Å²) in [6.07, 6.45) is 4.27. The van der Waals surface area contributed by atoms with Gasteiger partial charge in [0.2, 0.25) is 0 Å². The Kier molecular flexibility index (Phi) is 5.65. The van der Waals surface area contributed by atoms with Crippen LogP contribution in [0.3, 0.4) is 0 Å². The molecule has 2 unspecified atom stereocenters. The van der Waals surface area contributed by atoms with Crippen LogP contribution in [-0.2, 0) is 5.60 Å². The summed E-state index contributed by atoms with van der Waals surface area (Å²) in [5.74, 6) is 1.13. The Hall–Kier alpha value is -1.06. The molecule has 2 atom stereocenters. The van der Waals surface area contributed by atoms with Gasteiger partial charge in [0.25, 0.3) is 0 Å². The second-order valence-corrected chi connectivity index (χ2v) is 6.08. The van der Waals surface area contributed by atoms with E-state index in [-0.39, 0.29) is 0 Å². The Labute approximate surface area is 128 Å². The van der Waals surface area contributed by atoms with Gasteiger partial charge in [0.1, 0.15) is 5.75 Å². The molecule has 0 bridgehead atoms. The SMILES string of the molecule is CCN(CC)CC1CCCCC1(O)c1cccc(OC)c1.